The molecule has 0 bridgehead atoms. The minimum absolute atomic E-state index is 0.276. The minimum atomic E-state index is -0.702. The SMILES string of the molecule is CCC(C)N(CCCCC(=O)O)CCOC. The predicted molar refractivity (Wildman–Crippen MR) is 64.7 cm³/mol. The lowest BCUT2D eigenvalue weighted by molar-refractivity contribution is -0.137. The van der Waals surface area contributed by atoms with Crippen LogP contribution in [0.4, 0.5) is 0 Å². The number of hydrogen-bond acceptors (Lipinski definition) is 3. The molecule has 0 fully saturated rings. The van der Waals surface area contributed by atoms with Crippen molar-refractivity contribution in [3.8, 4) is 0 Å². The molecule has 0 aromatic rings. The van der Waals surface area contributed by atoms with E-state index in [1.807, 2.05) is 0 Å². The van der Waals surface area contributed by atoms with Gasteiger partial charge in [0.05, 0.1) is 6.61 Å². The monoisotopic (exact) mass is 231 g/mol. The molecule has 1 unspecified atom stereocenters. The van der Waals surface area contributed by atoms with Crippen LogP contribution in [-0.2, 0) is 9.53 Å². The first kappa shape index (κ1) is 15.4. The molecule has 0 saturated heterocycles. The molecular formula is C12H25NO3. The van der Waals surface area contributed by atoms with Crippen LogP contribution in [-0.4, -0.2) is 48.8 Å². The van der Waals surface area contributed by atoms with Crippen LogP contribution in [0.2, 0.25) is 0 Å². The third kappa shape index (κ3) is 7.65. The molecule has 0 aliphatic heterocycles. The average molecular weight is 231 g/mol. The van der Waals surface area contributed by atoms with E-state index in [1.165, 1.54) is 0 Å². The molecule has 1 atom stereocenters. The van der Waals surface area contributed by atoms with Gasteiger partial charge in [-0.3, -0.25) is 9.69 Å². The highest BCUT2D eigenvalue weighted by Gasteiger charge is 2.11. The van der Waals surface area contributed by atoms with Gasteiger partial charge in [0.1, 0.15) is 0 Å². The number of nitrogens with zero attached hydrogens (tertiary/aromatic N) is 1. The van der Waals surface area contributed by atoms with Crippen molar-refractivity contribution in [1.29, 1.82) is 0 Å². The molecule has 0 spiro atoms. The molecule has 0 heterocycles. The van der Waals surface area contributed by atoms with Gasteiger partial charge in [0.25, 0.3) is 0 Å². The second kappa shape index (κ2) is 9.60. The number of rotatable bonds is 10. The topological polar surface area (TPSA) is 49.8 Å². The number of methoxy groups -OCH3 is 1. The van der Waals surface area contributed by atoms with Gasteiger partial charge in [-0.25, -0.2) is 0 Å². The average Bonchev–Trinajstić information content (AvgIpc) is 2.26. The summed E-state index contributed by atoms with van der Waals surface area (Å²) in [6.45, 7) is 7.00. The predicted octanol–water partition coefficient (Wildman–Crippen LogP) is 1.99. The van der Waals surface area contributed by atoms with Crippen LogP contribution in [0.15, 0.2) is 0 Å². The minimum Gasteiger partial charge on any atom is -0.481 e. The van der Waals surface area contributed by atoms with Gasteiger partial charge in [0.2, 0.25) is 0 Å². The Balaban J connectivity index is 3.77. The van der Waals surface area contributed by atoms with Gasteiger partial charge in [-0.1, -0.05) is 6.92 Å². The van der Waals surface area contributed by atoms with E-state index in [0.29, 0.717) is 6.04 Å². The lowest BCUT2D eigenvalue weighted by atomic mass is 10.2. The summed E-state index contributed by atoms with van der Waals surface area (Å²) in [6.07, 6.45) is 3.09. The van der Waals surface area contributed by atoms with E-state index in [0.717, 1.165) is 39.0 Å². The molecule has 4 heteroatoms. The highest BCUT2D eigenvalue weighted by Crippen LogP contribution is 2.06. The van der Waals surface area contributed by atoms with E-state index < -0.39 is 5.97 Å². The first-order chi connectivity index (χ1) is 7.61. The number of carboxylic acids is 1. The van der Waals surface area contributed by atoms with Gasteiger partial charge in [0, 0.05) is 26.1 Å². The first-order valence-electron chi connectivity index (χ1n) is 6.06. The number of unbranched alkanes of at least 4 members (excludes halogenated alkanes) is 1. The molecule has 0 aromatic carbocycles. The maximum Gasteiger partial charge on any atom is 0.303 e. The van der Waals surface area contributed by atoms with Crippen molar-refractivity contribution in [3.05, 3.63) is 0 Å². The van der Waals surface area contributed by atoms with Gasteiger partial charge in [-0.15, -0.1) is 0 Å². The molecule has 16 heavy (non-hydrogen) atoms. The molecule has 0 aliphatic rings. The number of ether oxygens (including phenoxy) is 1. The van der Waals surface area contributed by atoms with Crippen LogP contribution < -0.4 is 0 Å². The first-order valence-corrected chi connectivity index (χ1v) is 6.06. The molecule has 0 radical (unpaired) electrons. The lowest BCUT2D eigenvalue weighted by Crippen LogP contribution is -2.36. The Bertz CT molecular complexity index is 185. The molecule has 0 aliphatic carbocycles. The maximum atomic E-state index is 10.4. The molecule has 1 N–H and O–H groups in total. The Labute approximate surface area is 98.6 Å². The van der Waals surface area contributed by atoms with Crippen molar-refractivity contribution >= 4 is 5.97 Å². The van der Waals surface area contributed by atoms with Crippen LogP contribution in [0.3, 0.4) is 0 Å². The van der Waals surface area contributed by atoms with E-state index in [4.69, 9.17) is 9.84 Å². The van der Waals surface area contributed by atoms with Crippen molar-refractivity contribution in [1.82, 2.24) is 4.90 Å². The highest BCUT2D eigenvalue weighted by atomic mass is 16.5. The molecule has 0 rings (SSSR count). The van der Waals surface area contributed by atoms with Crippen molar-refractivity contribution < 1.29 is 14.6 Å². The Morgan fingerprint density at radius 3 is 2.56 bits per heavy atom. The summed E-state index contributed by atoms with van der Waals surface area (Å²) in [5, 5.41) is 8.54. The zero-order valence-electron chi connectivity index (χ0n) is 10.7. The third-order valence-electron chi connectivity index (χ3n) is 2.88. The fraction of sp³-hybridized carbons (Fsp3) is 0.917. The number of hydrogen-bond donors (Lipinski definition) is 1. The molecule has 0 saturated carbocycles. The van der Waals surface area contributed by atoms with Gasteiger partial charge in [-0.05, 0) is 32.7 Å². The van der Waals surface area contributed by atoms with E-state index in [-0.39, 0.29) is 6.42 Å². The summed E-state index contributed by atoms with van der Waals surface area (Å²) in [5.41, 5.74) is 0. The van der Waals surface area contributed by atoms with Crippen molar-refractivity contribution in [2.24, 2.45) is 0 Å². The normalized spacial score (nSPS) is 13.0. The van der Waals surface area contributed by atoms with E-state index in [2.05, 4.69) is 18.7 Å². The highest BCUT2D eigenvalue weighted by molar-refractivity contribution is 5.66. The quantitative estimate of drug-likeness (QED) is 0.584. The number of carbonyl (C=O) groups is 1. The van der Waals surface area contributed by atoms with E-state index >= 15 is 0 Å². The summed E-state index contributed by atoms with van der Waals surface area (Å²) in [6, 6.07) is 0.542. The summed E-state index contributed by atoms with van der Waals surface area (Å²) in [5.74, 6) is -0.702. The summed E-state index contributed by atoms with van der Waals surface area (Å²) in [4.78, 5) is 12.7. The zero-order chi connectivity index (χ0) is 12.4. The van der Waals surface area contributed by atoms with Crippen LogP contribution >= 0.6 is 0 Å². The summed E-state index contributed by atoms with van der Waals surface area (Å²) in [7, 11) is 1.71. The van der Waals surface area contributed by atoms with Crippen LogP contribution in [0.1, 0.15) is 39.5 Å². The van der Waals surface area contributed by atoms with Crippen molar-refractivity contribution in [2.45, 2.75) is 45.6 Å². The second-order valence-corrected chi connectivity index (χ2v) is 4.14. The largest absolute Gasteiger partial charge is 0.481 e. The van der Waals surface area contributed by atoms with Crippen LogP contribution in [0, 0.1) is 0 Å². The summed E-state index contributed by atoms with van der Waals surface area (Å²) < 4.78 is 5.08. The zero-order valence-corrected chi connectivity index (χ0v) is 10.7. The molecule has 0 amide bonds. The molecule has 96 valence electrons. The Morgan fingerprint density at radius 2 is 2.06 bits per heavy atom. The van der Waals surface area contributed by atoms with Gasteiger partial charge >= 0.3 is 5.97 Å². The molecular weight excluding hydrogens is 206 g/mol. The fourth-order valence-electron chi connectivity index (χ4n) is 1.61. The van der Waals surface area contributed by atoms with Crippen molar-refractivity contribution in [2.75, 3.05) is 26.8 Å². The standard InChI is InChI=1S/C12H25NO3/c1-4-11(2)13(9-10-16-3)8-6-5-7-12(14)15/h11H,4-10H2,1-3H3,(H,14,15). The number of aliphatic carboxylic acids is 1. The second-order valence-electron chi connectivity index (χ2n) is 4.14. The van der Waals surface area contributed by atoms with Crippen LogP contribution in [0.5, 0.6) is 0 Å². The third-order valence-corrected chi connectivity index (χ3v) is 2.88. The molecule has 0 aromatic heterocycles. The molecule has 4 nitrogen and oxygen atoms in total. The lowest BCUT2D eigenvalue weighted by Gasteiger charge is -2.27. The van der Waals surface area contributed by atoms with E-state index in [9.17, 15) is 4.79 Å². The maximum absolute atomic E-state index is 10.4. The Hall–Kier alpha value is -0.610. The van der Waals surface area contributed by atoms with Gasteiger partial charge in [0.15, 0.2) is 0 Å². The van der Waals surface area contributed by atoms with E-state index in [1.54, 1.807) is 7.11 Å². The summed E-state index contributed by atoms with van der Waals surface area (Å²) >= 11 is 0. The van der Waals surface area contributed by atoms with Gasteiger partial charge < -0.3 is 9.84 Å². The van der Waals surface area contributed by atoms with Crippen LogP contribution in [0.25, 0.3) is 0 Å². The van der Waals surface area contributed by atoms with Crippen molar-refractivity contribution in [3.63, 3.8) is 0 Å². The van der Waals surface area contributed by atoms with Gasteiger partial charge in [-0.2, -0.15) is 0 Å². The Kier molecular flexibility index (Phi) is 9.24. The Morgan fingerprint density at radius 1 is 1.38 bits per heavy atom. The number of carboxylic acid groups (broad SMARTS) is 1. The fourth-order valence-corrected chi connectivity index (χ4v) is 1.61. The smallest absolute Gasteiger partial charge is 0.303 e.